The van der Waals surface area contributed by atoms with Crippen LogP contribution in [0.2, 0.25) is 0 Å². The third kappa shape index (κ3) is 5.16. The molecule has 0 amide bonds. The van der Waals surface area contributed by atoms with Crippen LogP contribution in [0.5, 0.6) is 0 Å². The fourth-order valence-electron chi connectivity index (χ4n) is 1.31. The predicted molar refractivity (Wildman–Crippen MR) is 51.2 cm³/mol. The Bertz CT molecular complexity index is 131. The van der Waals surface area contributed by atoms with E-state index in [0.29, 0.717) is 5.92 Å². The molecular formula is C9H20F2N2. The van der Waals surface area contributed by atoms with Crippen molar-refractivity contribution in [1.82, 2.24) is 10.2 Å². The molecule has 13 heavy (non-hydrogen) atoms. The molecule has 0 bridgehead atoms. The SMILES string of the molecule is CNCC(C)C(C)N(C)CC(F)F. The van der Waals surface area contributed by atoms with Gasteiger partial charge in [-0.15, -0.1) is 0 Å². The second-order valence-corrected chi connectivity index (χ2v) is 3.61. The summed E-state index contributed by atoms with van der Waals surface area (Å²) < 4.78 is 24.1. The van der Waals surface area contributed by atoms with Gasteiger partial charge < -0.3 is 5.32 Å². The highest BCUT2D eigenvalue weighted by Gasteiger charge is 2.18. The first-order chi connectivity index (χ1) is 5.99. The average Bonchev–Trinajstić information content (AvgIpc) is 2.02. The normalized spacial score (nSPS) is 16.6. The molecule has 0 fully saturated rings. The van der Waals surface area contributed by atoms with E-state index in [4.69, 9.17) is 0 Å². The Morgan fingerprint density at radius 1 is 1.31 bits per heavy atom. The molecule has 0 aliphatic carbocycles. The highest BCUT2D eigenvalue weighted by atomic mass is 19.3. The van der Waals surface area contributed by atoms with Gasteiger partial charge in [-0.2, -0.15) is 0 Å². The molecule has 1 N–H and O–H groups in total. The van der Waals surface area contributed by atoms with E-state index in [2.05, 4.69) is 12.2 Å². The van der Waals surface area contributed by atoms with Gasteiger partial charge in [0.15, 0.2) is 0 Å². The molecule has 0 aliphatic heterocycles. The van der Waals surface area contributed by atoms with Crippen LogP contribution < -0.4 is 5.32 Å². The van der Waals surface area contributed by atoms with Crippen LogP contribution in [0.3, 0.4) is 0 Å². The summed E-state index contributed by atoms with van der Waals surface area (Å²) in [6.45, 7) is 4.75. The van der Waals surface area contributed by atoms with Crippen molar-refractivity contribution in [3.8, 4) is 0 Å². The molecule has 2 unspecified atom stereocenters. The molecule has 2 atom stereocenters. The smallest absolute Gasteiger partial charge is 0.251 e. The van der Waals surface area contributed by atoms with Gasteiger partial charge in [-0.1, -0.05) is 6.92 Å². The highest BCUT2D eigenvalue weighted by molar-refractivity contribution is 4.71. The number of nitrogens with one attached hydrogen (secondary N) is 1. The summed E-state index contributed by atoms with van der Waals surface area (Å²) >= 11 is 0. The molecule has 0 saturated heterocycles. The van der Waals surface area contributed by atoms with E-state index in [1.807, 2.05) is 14.0 Å². The third-order valence-corrected chi connectivity index (χ3v) is 2.47. The van der Waals surface area contributed by atoms with Gasteiger partial charge in [0, 0.05) is 6.04 Å². The Kier molecular flexibility index (Phi) is 6.16. The van der Waals surface area contributed by atoms with Gasteiger partial charge in [0.2, 0.25) is 0 Å². The quantitative estimate of drug-likeness (QED) is 0.688. The largest absolute Gasteiger partial charge is 0.319 e. The molecule has 0 aromatic rings. The lowest BCUT2D eigenvalue weighted by molar-refractivity contribution is 0.0719. The summed E-state index contributed by atoms with van der Waals surface area (Å²) in [4.78, 5) is 1.70. The van der Waals surface area contributed by atoms with Crippen molar-refractivity contribution in [3.05, 3.63) is 0 Å². The van der Waals surface area contributed by atoms with Crippen molar-refractivity contribution in [2.75, 3.05) is 27.2 Å². The standard InChI is InChI=1S/C9H20F2N2/c1-7(5-12-3)8(2)13(4)6-9(10)11/h7-9,12H,5-6H2,1-4H3. The molecule has 2 nitrogen and oxygen atoms in total. The molecule has 0 heterocycles. The zero-order valence-corrected chi connectivity index (χ0v) is 8.85. The predicted octanol–water partition coefficient (Wildman–Crippen LogP) is 1.43. The summed E-state index contributed by atoms with van der Waals surface area (Å²) in [5.41, 5.74) is 0. The fourth-order valence-corrected chi connectivity index (χ4v) is 1.31. The van der Waals surface area contributed by atoms with Crippen LogP contribution in [0.15, 0.2) is 0 Å². The van der Waals surface area contributed by atoms with Crippen LogP contribution in [0.4, 0.5) is 8.78 Å². The Labute approximate surface area is 79.3 Å². The zero-order chi connectivity index (χ0) is 10.4. The summed E-state index contributed by atoms with van der Waals surface area (Å²) in [5.74, 6) is 0.383. The van der Waals surface area contributed by atoms with Gasteiger partial charge in [-0.25, -0.2) is 8.78 Å². The van der Waals surface area contributed by atoms with E-state index in [1.165, 1.54) is 0 Å². The second-order valence-electron chi connectivity index (χ2n) is 3.61. The number of nitrogens with zero attached hydrogens (tertiary/aromatic N) is 1. The van der Waals surface area contributed by atoms with Crippen molar-refractivity contribution in [2.24, 2.45) is 5.92 Å². The van der Waals surface area contributed by atoms with E-state index in [1.54, 1.807) is 11.9 Å². The molecule has 0 rings (SSSR count). The molecular weight excluding hydrogens is 174 g/mol. The van der Waals surface area contributed by atoms with Gasteiger partial charge >= 0.3 is 0 Å². The monoisotopic (exact) mass is 194 g/mol. The van der Waals surface area contributed by atoms with E-state index in [0.717, 1.165) is 6.54 Å². The van der Waals surface area contributed by atoms with Crippen molar-refractivity contribution in [1.29, 1.82) is 0 Å². The van der Waals surface area contributed by atoms with Gasteiger partial charge in [-0.05, 0) is 33.5 Å². The Morgan fingerprint density at radius 3 is 2.23 bits per heavy atom. The fraction of sp³-hybridized carbons (Fsp3) is 1.00. The van der Waals surface area contributed by atoms with Crippen LogP contribution in [0.1, 0.15) is 13.8 Å². The topological polar surface area (TPSA) is 15.3 Å². The van der Waals surface area contributed by atoms with E-state index in [-0.39, 0.29) is 12.6 Å². The minimum atomic E-state index is -2.24. The first kappa shape index (κ1) is 12.8. The minimum Gasteiger partial charge on any atom is -0.319 e. The summed E-state index contributed by atoms with van der Waals surface area (Å²) in [6, 6.07) is 0.182. The maximum atomic E-state index is 12.0. The first-order valence-corrected chi connectivity index (χ1v) is 4.62. The lowest BCUT2D eigenvalue weighted by Gasteiger charge is -2.29. The number of halogens is 2. The summed E-state index contributed by atoms with van der Waals surface area (Å²) in [7, 11) is 3.61. The lowest BCUT2D eigenvalue weighted by Crippen LogP contribution is -2.40. The molecule has 4 heteroatoms. The van der Waals surface area contributed by atoms with Crippen LogP contribution in [0.25, 0.3) is 0 Å². The maximum Gasteiger partial charge on any atom is 0.251 e. The second kappa shape index (κ2) is 6.27. The summed E-state index contributed by atoms with van der Waals surface area (Å²) in [5, 5.41) is 3.04. The number of alkyl halides is 2. The Morgan fingerprint density at radius 2 is 1.85 bits per heavy atom. The van der Waals surface area contributed by atoms with E-state index < -0.39 is 6.43 Å². The van der Waals surface area contributed by atoms with Gasteiger partial charge in [0.05, 0.1) is 6.54 Å². The Hall–Kier alpha value is -0.220. The van der Waals surface area contributed by atoms with Gasteiger partial charge in [0.25, 0.3) is 6.43 Å². The van der Waals surface area contributed by atoms with E-state index >= 15 is 0 Å². The highest BCUT2D eigenvalue weighted by Crippen LogP contribution is 2.09. The van der Waals surface area contributed by atoms with Crippen LogP contribution in [-0.4, -0.2) is 44.6 Å². The molecule has 0 aromatic heterocycles. The van der Waals surface area contributed by atoms with Crippen molar-refractivity contribution in [2.45, 2.75) is 26.3 Å². The lowest BCUT2D eigenvalue weighted by atomic mass is 10.0. The molecule has 0 aromatic carbocycles. The minimum absolute atomic E-state index is 0.144. The molecule has 0 spiro atoms. The van der Waals surface area contributed by atoms with Crippen molar-refractivity contribution in [3.63, 3.8) is 0 Å². The van der Waals surface area contributed by atoms with E-state index in [9.17, 15) is 8.78 Å². The molecule has 80 valence electrons. The van der Waals surface area contributed by atoms with Gasteiger partial charge in [-0.3, -0.25) is 4.90 Å². The summed E-state index contributed by atoms with van der Waals surface area (Å²) in [6.07, 6.45) is -2.24. The third-order valence-electron chi connectivity index (χ3n) is 2.47. The molecule has 0 saturated carbocycles. The zero-order valence-electron chi connectivity index (χ0n) is 8.85. The number of hydrogen-bond acceptors (Lipinski definition) is 2. The maximum absolute atomic E-state index is 12.0. The molecule has 0 aliphatic rings. The number of rotatable bonds is 6. The average molecular weight is 194 g/mol. The Balaban J connectivity index is 3.85. The van der Waals surface area contributed by atoms with Crippen molar-refractivity contribution < 1.29 is 8.78 Å². The van der Waals surface area contributed by atoms with Crippen LogP contribution in [0, 0.1) is 5.92 Å². The number of hydrogen-bond donors (Lipinski definition) is 1. The van der Waals surface area contributed by atoms with Gasteiger partial charge in [0.1, 0.15) is 0 Å². The van der Waals surface area contributed by atoms with Crippen LogP contribution in [-0.2, 0) is 0 Å². The first-order valence-electron chi connectivity index (χ1n) is 4.62. The van der Waals surface area contributed by atoms with Crippen molar-refractivity contribution >= 4 is 0 Å². The van der Waals surface area contributed by atoms with Crippen LogP contribution >= 0.6 is 0 Å². The molecule has 0 radical (unpaired) electrons.